The summed E-state index contributed by atoms with van der Waals surface area (Å²) in [4.78, 5) is 19.2. The Hall–Kier alpha value is -3.34. The number of aromatic nitrogens is 3. The van der Waals surface area contributed by atoms with E-state index in [0.717, 1.165) is 47.5 Å². The third-order valence-corrected chi connectivity index (χ3v) is 6.72. The summed E-state index contributed by atoms with van der Waals surface area (Å²) in [5.41, 5.74) is 8.13. The van der Waals surface area contributed by atoms with E-state index >= 15 is 0 Å². The standard InChI is InChI=1S/C26H28N4O/c1-17-20(18(2)29(3)28-17)13-14-24(31)30-16-15-22-21-11-7-8-12-23(21)27-25(22)26(30)19-9-5-4-6-10-19/h4-12,26-27H,13-16H2,1-3H3. The van der Waals surface area contributed by atoms with Gasteiger partial charge in [0, 0.05) is 42.3 Å². The maximum atomic E-state index is 13.5. The fourth-order valence-electron chi connectivity index (χ4n) is 5.05. The molecule has 0 spiro atoms. The highest BCUT2D eigenvalue weighted by molar-refractivity contribution is 5.86. The largest absolute Gasteiger partial charge is 0.356 e. The van der Waals surface area contributed by atoms with Gasteiger partial charge in [-0.1, -0.05) is 48.5 Å². The van der Waals surface area contributed by atoms with Gasteiger partial charge in [0.1, 0.15) is 0 Å². The summed E-state index contributed by atoms with van der Waals surface area (Å²) in [5, 5.41) is 5.77. The van der Waals surface area contributed by atoms with Gasteiger partial charge in [-0.2, -0.15) is 5.10 Å². The third kappa shape index (κ3) is 3.34. The zero-order valence-corrected chi connectivity index (χ0v) is 18.4. The Labute approximate surface area is 182 Å². The molecule has 1 aliphatic rings. The van der Waals surface area contributed by atoms with Crippen molar-refractivity contribution >= 4 is 16.8 Å². The van der Waals surface area contributed by atoms with Crippen LogP contribution in [-0.4, -0.2) is 32.1 Å². The van der Waals surface area contributed by atoms with E-state index in [1.165, 1.54) is 16.5 Å². The molecule has 2 aromatic heterocycles. The minimum Gasteiger partial charge on any atom is -0.356 e. The topological polar surface area (TPSA) is 53.9 Å². The quantitative estimate of drug-likeness (QED) is 0.532. The van der Waals surface area contributed by atoms with E-state index in [-0.39, 0.29) is 11.9 Å². The number of nitrogens with zero attached hydrogens (tertiary/aromatic N) is 3. The number of aromatic amines is 1. The summed E-state index contributed by atoms with van der Waals surface area (Å²) >= 11 is 0. The number of aryl methyl sites for hydroxylation is 2. The van der Waals surface area contributed by atoms with Gasteiger partial charge in [0.25, 0.3) is 0 Å². The van der Waals surface area contributed by atoms with Crippen LogP contribution in [0.5, 0.6) is 0 Å². The van der Waals surface area contributed by atoms with Crippen LogP contribution >= 0.6 is 0 Å². The molecule has 4 aromatic rings. The van der Waals surface area contributed by atoms with E-state index in [9.17, 15) is 4.79 Å². The summed E-state index contributed by atoms with van der Waals surface area (Å²) in [6.07, 6.45) is 2.09. The molecule has 0 radical (unpaired) electrons. The smallest absolute Gasteiger partial charge is 0.223 e. The maximum Gasteiger partial charge on any atom is 0.223 e. The Bertz CT molecular complexity index is 1250. The molecule has 0 saturated heterocycles. The molecular formula is C26H28N4O. The van der Waals surface area contributed by atoms with Crippen molar-refractivity contribution in [3.8, 4) is 0 Å². The summed E-state index contributed by atoms with van der Waals surface area (Å²) < 4.78 is 1.90. The van der Waals surface area contributed by atoms with Crippen LogP contribution in [0.4, 0.5) is 0 Å². The van der Waals surface area contributed by atoms with Crippen LogP contribution < -0.4 is 0 Å². The van der Waals surface area contributed by atoms with Crippen molar-refractivity contribution in [3.63, 3.8) is 0 Å². The molecule has 0 saturated carbocycles. The van der Waals surface area contributed by atoms with E-state index < -0.39 is 0 Å². The number of fused-ring (bicyclic) bond motifs is 3. The highest BCUT2D eigenvalue weighted by Gasteiger charge is 2.34. The summed E-state index contributed by atoms with van der Waals surface area (Å²) in [6, 6.07) is 18.7. The number of hydrogen-bond donors (Lipinski definition) is 1. The number of hydrogen-bond acceptors (Lipinski definition) is 2. The van der Waals surface area contributed by atoms with E-state index in [2.05, 4.69) is 70.4 Å². The van der Waals surface area contributed by atoms with Gasteiger partial charge in [0.05, 0.1) is 11.7 Å². The van der Waals surface area contributed by atoms with Gasteiger partial charge in [-0.05, 0) is 49.4 Å². The van der Waals surface area contributed by atoms with Crippen LogP contribution in [0.1, 0.15) is 46.2 Å². The van der Waals surface area contributed by atoms with Gasteiger partial charge in [-0.25, -0.2) is 0 Å². The van der Waals surface area contributed by atoms with Crippen LogP contribution in [0, 0.1) is 13.8 Å². The lowest BCUT2D eigenvalue weighted by molar-refractivity contribution is -0.133. The molecule has 1 unspecified atom stereocenters. The van der Waals surface area contributed by atoms with Gasteiger partial charge < -0.3 is 9.88 Å². The molecule has 5 nitrogen and oxygen atoms in total. The van der Waals surface area contributed by atoms with E-state index in [4.69, 9.17) is 0 Å². The second-order valence-corrected chi connectivity index (χ2v) is 8.49. The Balaban J connectivity index is 1.49. The third-order valence-electron chi connectivity index (χ3n) is 6.72. The molecule has 1 amide bonds. The zero-order valence-electron chi connectivity index (χ0n) is 18.4. The lowest BCUT2D eigenvalue weighted by Crippen LogP contribution is -2.40. The maximum absolute atomic E-state index is 13.5. The second kappa shape index (κ2) is 7.73. The molecule has 1 aliphatic heterocycles. The first kappa shape index (κ1) is 19.6. The molecule has 5 heteroatoms. The molecule has 0 aliphatic carbocycles. The van der Waals surface area contributed by atoms with Crippen LogP contribution in [0.2, 0.25) is 0 Å². The lowest BCUT2D eigenvalue weighted by atomic mass is 9.92. The van der Waals surface area contributed by atoms with E-state index in [1.54, 1.807) is 0 Å². The molecule has 0 bridgehead atoms. The number of para-hydroxylation sites is 1. The Morgan fingerprint density at radius 3 is 2.58 bits per heavy atom. The zero-order chi connectivity index (χ0) is 21.5. The van der Waals surface area contributed by atoms with Crippen LogP contribution in [0.25, 0.3) is 10.9 Å². The highest BCUT2D eigenvalue weighted by atomic mass is 16.2. The molecule has 2 aromatic carbocycles. The van der Waals surface area contributed by atoms with Gasteiger partial charge in [-0.3, -0.25) is 9.48 Å². The van der Waals surface area contributed by atoms with Crippen molar-refractivity contribution in [1.82, 2.24) is 19.7 Å². The molecular weight excluding hydrogens is 384 g/mol. The van der Waals surface area contributed by atoms with Crippen molar-refractivity contribution in [2.75, 3.05) is 6.54 Å². The average molecular weight is 413 g/mol. The lowest BCUT2D eigenvalue weighted by Gasteiger charge is -2.36. The highest BCUT2D eigenvalue weighted by Crippen LogP contribution is 2.38. The summed E-state index contributed by atoms with van der Waals surface area (Å²) in [7, 11) is 1.96. The van der Waals surface area contributed by atoms with Crippen molar-refractivity contribution in [2.45, 2.75) is 39.2 Å². The van der Waals surface area contributed by atoms with Crippen LogP contribution in [-0.2, 0) is 24.7 Å². The summed E-state index contributed by atoms with van der Waals surface area (Å²) in [6.45, 7) is 4.83. The molecule has 0 fully saturated rings. The Morgan fingerprint density at radius 1 is 1.10 bits per heavy atom. The first-order chi connectivity index (χ1) is 15.0. The Morgan fingerprint density at radius 2 is 1.84 bits per heavy atom. The SMILES string of the molecule is Cc1nn(C)c(C)c1CCC(=O)N1CCc2c([nH]c3ccccc23)C1c1ccccc1. The van der Waals surface area contributed by atoms with Crippen LogP contribution in [0.3, 0.4) is 0 Å². The molecule has 158 valence electrons. The van der Waals surface area contributed by atoms with Crippen molar-refractivity contribution in [2.24, 2.45) is 7.05 Å². The fraction of sp³-hybridized carbons (Fsp3) is 0.308. The number of H-pyrrole nitrogens is 1. The predicted molar refractivity (Wildman–Crippen MR) is 123 cm³/mol. The number of carbonyl (C=O) groups excluding carboxylic acids is 1. The van der Waals surface area contributed by atoms with Crippen LogP contribution in [0.15, 0.2) is 54.6 Å². The van der Waals surface area contributed by atoms with Gasteiger partial charge in [0.15, 0.2) is 0 Å². The number of nitrogens with one attached hydrogen (secondary N) is 1. The number of carbonyl (C=O) groups is 1. The molecule has 3 heterocycles. The first-order valence-electron chi connectivity index (χ1n) is 11.0. The Kier molecular flexibility index (Phi) is 4.89. The average Bonchev–Trinajstić information content (AvgIpc) is 3.28. The number of benzene rings is 2. The first-order valence-corrected chi connectivity index (χ1v) is 11.0. The summed E-state index contributed by atoms with van der Waals surface area (Å²) in [5.74, 6) is 0.195. The molecule has 1 atom stereocenters. The molecule has 1 N–H and O–H groups in total. The minimum absolute atomic E-state index is 0.0825. The monoisotopic (exact) mass is 412 g/mol. The van der Waals surface area contributed by atoms with Crippen molar-refractivity contribution in [3.05, 3.63) is 88.4 Å². The second-order valence-electron chi connectivity index (χ2n) is 8.49. The van der Waals surface area contributed by atoms with E-state index in [1.807, 2.05) is 24.7 Å². The number of amides is 1. The fourth-order valence-corrected chi connectivity index (χ4v) is 5.05. The van der Waals surface area contributed by atoms with Crippen molar-refractivity contribution in [1.29, 1.82) is 0 Å². The normalized spacial score (nSPS) is 16.0. The van der Waals surface area contributed by atoms with Gasteiger partial charge in [-0.15, -0.1) is 0 Å². The van der Waals surface area contributed by atoms with E-state index in [0.29, 0.717) is 6.42 Å². The van der Waals surface area contributed by atoms with Gasteiger partial charge >= 0.3 is 0 Å². The molecule has 5 rings (SSSR count). The number of rotatable bonds is 4. The minimum atomic E-state index is -0.0825. The molecule has 31 heavy (non-hydrogen) atoms. The predicted octanol–water partition coefficient (Wildman–Crippen LogP) is 4.63. The van der Waals surface area contributed by atoms with Gasteiger partial charge in [0.2, 0.25) is 5.91 Å². The van der Waals surface area contributed by atoms with Crippen molar-refractivity contribution < 1.29 is 4.79 Å².